The van der Waals surface area contributed by atoms with Gasteiger partial charge >= 0.3 is 0 Å². The molecule has 2 amide bonds. The molecular formula is C26H27N5O2. The fourth-order valence-electron chi connectivity index (χ4n) is 3.64. The molecule has 0 bridgehead atoms. The van der Waals surface area contributed by atoms with E-state index in [1.54, 1.807) is 32.4 Å². The van der Waals surface area contributed by atoms with E-state index >= 15 is 0 Å². The van der Waals surface area contributed by atoms with Crippen molar-refractivity contribution in [1.82, 2.24) is 25.0 Å². The number of hydrogen-bond acceptors (Lipinski definition) is 4. The predicted molar refractivity (Wildman–Crippen MR) is 129 cm³/mol. The van der Waals surface area contributed by atoms with Crippen molar-refractivity contribution in [2.24, 2.45) is 0 Å². The van der Waals surface area contributed by atoms with Gasteiger partial charge in [0.15, 0.2) is 5.65 Å². The Morgan fingerprint density at radius 1 is 1.03 bits per heavy atom. The first kappa shape index (κ1) is 22.2. The maximum absolute atomic E-state index is 13.2. The van der Waals surface area contributed by atoms with Crippen LogP contribution in [0.2, 0.25) is 0 Å². The number of nitrogens with one attached hydrogen (secondary N) is 1. The molecule has 4 aromatic rings. The Morgan fingerprint density at radius 3 is 2.36 bits per heavy atom. The van der Waals surface area contributed by atoms with Crippen LogP contribution in [-0.2, 0) is 6.54 Å². The van der Waals surface area contributed by atoms with Gasteiger partial charge in [0.25, 0.3) is 11.8 Å². The molecule has 0 aliphatic carbocycles. The summed E-state index contributed by atoms with van der Waals surface area (Å²) >= 11 is 0. The highest BCUT2D eigenvalue weighted by Gasteiger charge is 2.18. The lowest BCUT2D eigenvalue weighted by Crippen LogP contribution is -2.24. The Kier molecular flexibility index (Phi) is 6.22. The molecule has 2 aromatic heterocycles. The van der Waals surface area contributed by atoms with Gasteiger partial charge in [-0.3, -0.25) is 9.59 Å². The molecule has 0 saturated carbocycles. The van der Waals surface area contributed by atoms with Crippen molar-refractivity contribution >= 4 is 22.8 Å². The summed E-state index contributed by atoms with van der Waals surface area (Å²) in [4.78, 5) is 31.6. The van der Waals surface area contributed by atoms with E-state index in [0.717, 1.165) is 16.8 Å². The number of amides is 2. The van der Waals surface area contributed by atoms with Crippen LogP contribution in [0.15, 0.2) is 66.9 Å². The summed E-state index contributed by atoms with van der Waals surface area (Å²) in [5.41, 5.74) is 4.39. The first-order valence-corrected chi connectivity index (χ1v) is 10.9. The van der Waals surface area contributed by atoms with Crippen molar-refractivity contribution < 1.29 is 9.59 Å². The summed E-state index contributed by atoms with van der Waals surface area (Å²) in [6.07, 6.45) is 1.70. The van der Waals surface area contributed by atoms with E-state index in [2.05, 4.69) is 10.4 Å². The molecule has 0 aliphatic heterocycles. The highest BCUT2D eigenvalue weighted by Crippen LogP contribution is 2.26. The molecule has 0 unspecified atom stereocenters. The quantitative estimate of drug-likeness (QED) is 0.484. The smallest absolute Gasteiger partial charge is 0.253 e. The molecule has 0 spiro atoms. The van der Waals surface area contributed by atoms with Crippen molar-refractivity contribution in [3.63, 3.8) is 0 Å². The minimum Gasteiger partial charge on any atom is -0.348 e. The zero-order valence-electron chi connectivity index (χ0n) is 19.2. The average molecular weight is 442 g/mol. The molecule has 33 heavy (non-hydrogen) atoms. The molecule has 0 fully saturated rings. The lowest BCUT2D eigenvalue weighted by Gasteiger charge is -2.12. The van der Waals surface area contributed by atoms with E-state index in [1.807, 2.05) is 67.1 Å². The Labute approximate surface area is 193 Å². The predicted octanol–water partition coefficient (Wildman–Crippen LogP) is 4.31. The lowest BCUT2D eigenvalue weighted by molar-refractivity contribution is 0.0827. The van der Waals surface area contributed by atoms with E-state index < -0.39 is 0 Å². The van der Waals surface area contributed by atoms with Gasteiger partial charge in [-0.25, -0.2) is 9.67 Å². The second-order valence-corrected chi connectivity index (χ2v) is 8.42. The maximum atomic E-state index is 13.2. The number of carbonyl (C=O) groups excluding carboxylic acids is 2. The molecule has 2 heterocycles. The Balaban J connectivity index is 1.63. The Bertz CT molecular complexity index is 1290. The molecule has 4 rings (SSSR count). The molecule has 0 atom stereocenters. The van der Waals surface area contributed by atoms with Crippen molar-refractivity contribution in [2.75, 3.05) is 14.1 Å². The molecular weight excluding hydrogens is 414 g/mol. The van der Waals surface area contributed by atoms with Crippen LogP contribution in [0.4, 0.5) is 0 Å². The summed E-state index contributed by atoms with van der Waals surface area (Å²) in [6, 6.07) is 19.0. The van der Waals surface area contributed by atoms with Crippen molar-refractivity contribution in [3.8, 4) is 11.3 Å². The number of carbonyl (C=O) groups is 2. The van der Waals surface area contributed by atoms with Crippen molar-refractivity contribution in [1.29, 1.82) is 0 Å². The fourth-order valence-corrected chi connectivity index (χ4v) is 3.64. The van der Waals surface area contributed by atoms with E-state index in [9.17, 15) is 9.59 Å². The summed E-state index contributed by atoms with van der Waals surface area (Å²) in [5.74, 6) is -0.253. The van der Waals surface area contributed by atoms with Crippen LogP contribution in [0.3, 0.4) is 0 Å². The molecule has 7 heteroatoms. The Morgan fingerprint density at radius 2 is 1.73 bits per heavy atom. The maximum Gasteiger partial charge on any atom is 0.253 e. The highest BCUT2D eigenvalue weighted by molar-refractivity contribution is 6.06. The van der Waals surface area contributed by atoms with Gasteiger partial charge in [0.1, 0.15) is 0 Å². The van der Waals surface area contributed by atoms with Crippen LogP contribution in [0, 0.1) is 0 Å². The zero-order chi connectivity index (χ0) is 23.5. The van der Waals surface area contributed by atoms with Gasteiger partial charge in [-0.2, -0.15) is 5.10 Å². The topological polar surface area (TPSA) is 80.1 Å². The van der Waals surface area contributed by atoms with Crippen LogP contribution < -0.4 is 5.32 Å². The molecule has 7 nitrogen and oxygen atoms in total. The lowest BCUT2D eigenvalue weighted by atomic mass is 10.1. The van der Waals surface area contributed by atoms with Gasteiger partial charge in [0.05, 0.1) is 22.8 Å². The Hall–Kier alpha value is -4.00. The number of fused-ring (bicyclic) bond motifs is 1. The van der Waals surface area contributed by atoms with Crippen LogP contribution in [0.25, 0.3) is 22.3 Å². The standard InChI is InChI=1S/C26H27N5O2/c1-17(2)31-24-22(16-28-31)21(14-23(29-24)19-8-6-5-7-9-19)25(32)27-15-18-10-12-20(13-11-18)26(33)30(3)4/h5-14,16-17H,15H2,1-4H3,(H,27,32). The second-order valence-electron chi connectivity index (χ2n) is 8.42. The third-order valence-corrected chi connectivity index (χ3v) is 5.43. The number of benzene rings is 2. The van der Waals surface area contributed by atoms with Gasteiger partial charge in [0.2, 0.25) is 0 Å². The summed E-state index contributed by atoms with van der Waals surface area (Å²) < 4.78 is 1.83. The minimum absolute atomic E-state index is 0.0552. The third kappa shape index (κ3) is 4.62. The van der Waals surface area contributed by atoms with Crippen LogP contribution >= 0.6 is 0 Å². The third-order valence-electron chi connectivity index (χ3n) is 5.43. The first-order valence-electron chi connectivity index (χ1n) is 10.9. The van der Waals surface area contributed by atoms with E-state index in [4.69, 9.17) is 4.98 Å². The largest absolute Gasteiger partial charge is 0.348 e. The van der Waals surface area contributed by atoms with Crippen molar-refractivity contribution in [2.45, 2.75) is 26.4 Å². The summed E-state index contributed by atoms with van der Waals surface area (Å²) in [7, 11) is 3.44. The SMILES string of the molecule is CC(C)n1ncc2c(C(=O)NCc3ccc(C(=O)N(C)C)cc3)cc(-c3ccccc3)nc21. The van der Waals surface area contributed by atoms with Crippen molar-refractivity contribution in [3.05, 3.63) is 83.6 Å². The normalized spacial score (nSPS) is 11.1. The van der Waals surface area contributed by atoms with Gasteiger partial charge in [-0.1, -0.05) is 42.5 Å². The van der Waals surface area contributed by atoms with Crippen LogP contribution in [-0.4, -0.2) is 45.6 Å². The molecule has 0 radical (unpaired) electrons. The number of nitrogens with zero attached hydrogens (tertiary/aromatic N) is 4. The van der Waals surface area contributed by atoms with E-state index in [0.29, 0.717) is 28.7 Å². The number of rotatable bonds is 6. The average Bonchev–Trinajstić information content (AvgIpc) is 3.26. The van der Waals surface area contributed by atoms with Crippen LogP contribution in [0.5, 0.6) is 0 Å². The molecule has 1 N–H and O–H groups in total. The number of aromatic nitrogens is 3. The van der Waals surface area contributed by atoms with E-state index in [-0.39, 0.29) is 17.9 Å². The van der Waals surface area contributed by atoms with E-state index in [1.165, 1.54) is 4.90 Å². The molecule has 0 aliphatic rings. The highest BCUT2D eigenvalue weighted by atomic mass is 16.2. The van der Waals surface area contributed by atoms with Gasteiger partial charge < -0.3 is 10.2 Å². The summed E-state index contributed by atoms with van der Waals surface area (Å²) in [6.45, 7) is 4.42. The van der Waals surface area contributed by atoms with Crippen LogP contribution in [0.1, 0.15) is 46.2 Å². The fraction of sp³-hybridized carbons (Fsp3) is 0.231. The first-order chi connectivity index (χ1) is 15.8. The van der Waals surface area contributed by atoms with Gasteiger partial charge in [-0.05, 0) is 37.6 Å². The minimum atomic E-state index is -0.198. The number of hydrogen-bond donors (Lipinski definition) is 1. The monoisotopic (exact) mass is 441 g/mol. The molecule has 0 saturated heterocycles. The number of pyridine rings is 1. The molecule has 2 aromatic carbocycles. The van der Waals surface area contributed by atoms with Gasteiger partial charge in [-0.15, -0.1) is 0 Å². The summed E-state index contributed by atoms with van der Waals surface area (Å²) in [5, 5.41) is 8.18. The molecule has 168 valence electrons. The zero-order valence-corrected chi connectivity index (χ0v) is 19.2. The second kappa shape index (κ2) is 9.24. The van der Waals surface area contributed by atoms with Gasteiger partial charge in [0, 0.05) is 37.8 Å².